The zero-order chi connectivity index (χ0) is 49.1. The van der Waals surface area contributed by atoms with Gasteiger partial charge in [-0.2, -0.15) is 0 Å². The van der Waals surface area contributed by atoms with Gasteiger partial charge in [0, 0.05) is 59.2 Å². The second kappa shape index (κ2) is 23.3. The smallest absolute Gasteiger partial charge is 0.409 e. The van der Waals surface area contributed by atoms with E-state index >= 15 is 0 Å². The van der Waals surface area contributed by atoms with Crippen LogP contribution < -0.4 is 31.5 Å². The number of allylic oxidation sites excluding steroid dienone is 3. The highest BCUT2D eigenvalue weighted by molar-refractivity contribution is 6.35. The fourth-order valence-electron chi connectivity index (χ4n) is 7.64. The number of nitrogens with zero attached hydrogens (tertiary/aromatic N) is 2. The van der Waals surface area contributed by atoms with Crippen molar-refractivity contribution in [3.63, 3.8) is 0 Å². The first kappa shape index (κ1) is 53.2. The van der Waals surface area contributed by atoms with Crippen molar-refractivity contribution < 1.29 is 71.9 Å². The average molecular weight is 949 g/mol. The van der Waals surface area contributed by atoms with E-state index in [0.29, 0.717) is 17.9 Å². The first-order valence-corrected chi connectivity index (χ1v) is 21.7. The van der Waals surface area contributed by atoms with Crippen LogP contribution in [0.3, 0.4) is 0 Å². The first-order valence-electron chi connectivity index (χ1n) is 21.3. The van der Waals surface area contributed by atoms with E-state index in [4.69, 9.17) is 45.9 Å². The summed E-state index contributed by atoms with van der Waals surface area (Å²) >= 11 is 6.77. The Labute approximate surface area is 387 Å². The molecule has 4 bridgehead atoms. The fraction of sp³-hybridized carbons (Fsp3) is 0.591. The zero-order valence-electron chi connectivity index (χ0n) is 38.4. The molecule has 1 aromatic rings. The Balaban J connectivity index is 1.50. The van der Waals surface area contributed by atoms with Gasteiger partial charge in [-0.1, -0.05) is 42.3 Å². The lowest BCUT2D eigenvalue weighted by Gasteiger charge is -2.42. The molecule has 0 radical (unpaired) electrons. The number of halogens is 1. The molecular weight excluding hydrogens is 888 g/mol. The third-order valence-corrected chi connectivity index (χ3v) is 12.3. The molecule has 2 saturated heterocycles. The minimum Gasteiger partial charge on any atom is -0.495 e. The van der Waals surface area contributed by atoms with Crippen LogP contribution in [-0.2, 0) is 63.7 Å². The molecule has 8 unspecified atom stereocenters. The molecule has 3 aliphatic rings. The molecule has 8 atom stereocenters. The number of hydrogen-bond donors (Lipinski definition) is 5. The number of anilines is 1. The summed E-state index contributed by atoms with van der Waals surface area (Å²) in [5, 5.41) is 16.8. The monoisotopic (exact) mass is 948 g/mol. The number of rotatable bonds is 17. The third kappa shape index (κ3) is 13.8. The molecule has 0 aromatic heterocycles. The minimum atomic E-state index is -1.89. The van der Waals surface area contributed by atoms with Gasteiger partial charge in [-0.05, 0) is 44.9 Å². The van der Waals surface area contributed by atoms with Crippen LogP contribution in [-0.4, -0.2) is 147 Å². The number of benzene rings is 1. The molecule has 1 aromatic carbocycles. The molecule has 21 nitrogen and oxygen atoms in total. The Hall–Kier alpha value is -5.45. The molecule has 3 heterocycles. The van der Waals surface area contributed by atoms with Crippen LogP contribution >= 0.6 is 11.6 Å². The summed E-state index contributed by atoms with van der Waals surface area (Å²) in [6.45, 7) is 5.45. The van der Waals surface area contributed by atoms with Gasteiger partial charge in [0.25, 0.3) is 5.91 Å². The molecule has 0 saturated carbocycles. The molecule has 66 heavy (non-hydrogen) atoms. The van der Waals surface area contributed by atoms with Crippen molar-refractivity contribution in [3.8, 4) is 5.75 Å². The van der Waals surface area contributed by atoms with Crippen molar-refractivity contribution >= 4 is 64.5 Å². The lowest BCUT2D eigenvalue weighted by Crippen LogP contribution is -2.63. The first-order chi connectivity index (χ1) is 31.1. The molecule has 3 aliphatic heterocycles. The highest BCUT2D eigenvalue weighted by Crippen LogP contribution is 2.49. The minimum absolute atomic E-state index is 0.118. The summed E-state index contributed by atoms with van der Waals surface area (Å²) in [7, 11) is 5.71. The van der Waals surface area contributed by atoms with Crippen LogP contribution in [0, 0.1) is 5.92 Å². The van der Waals surface area contributed by atoms with Crippen LogP contribution in [0.1, 0.15) is 71.8 Å². The van der Waals surface area contributed by atoms with Gasteiger partial charge in [-0.25, -0.2) is 15.4 Å². The number of carbonyl (C=O) groups excluding carboxylic acids is 8. The second-order valence-electron chi connectivity index (χ2n) is 16.8. The number of ketones is 2. The summed E-state index contributed by atoms with van der Waals surface area (Å²) in [4.78, 5) is 105. The standard InChI is InChI=1S/C44H61ClN6O15/c1-24-10-9-11-33(62-8)44(60)20-32(64-42(59)48-44)25(2)40-43(4,66-40)34(19-38(57)51(6)30-17-27(16-24)18-31(61-7)39(30)45)65-41(58)26(3)50(5)37(56)15-13-28(52)21-47-35(54)14-12-29(53)22-63-23-36(55)49-46/h9-11,17-18,25-26,32-34,40,60H,12-16,19-23,46H2,1-8H3,(H,47,54)(H,48,59)(H,49,55)/b11-9+,24-10+. The van der Waals surface area contributed by atoms with Gasteiger partial charge in [-0.15, -0.1) is 0 Å². The van der Waals surface area contributed by atoms with Crippen molar-refractivity contribution in [1.29, 1.82) is 0 Å². The number of fused-ring (bicyclic) bond motifs is 5. The number of Topliss-reactive ketones (excluding diaryl/α,β-unsaturated/α-hetero) is 2. The Bertz CT molecular complexity index is 2080. The molecule has 22 heteroatoms. The van der Waals surface area contributed by atoms with Gasteiger partial charge in [0.1, 0.15) is 53.9 Å². The van der Waals surface area contributed by atoms with Crippen molar-refractivity contribution in [1.82, 2.24) is 21.0 Å². The van der Waals surface area contributed by atoms with Gasteiger partial charge in [-0.3, -0.25) is 39.5 Å². The molecule has 4 rings (SSSR count). The summed E-state index contributed by atoms with van der Waals surface area (Å²) in [6, 6.07) is 2.28. The van der Waals surface area contributed by atoms with Crippen LogP contribution in [0.15, 0.2) is 35.9 Å². The number of hydrazine groups is 1. The molecule has 0 aliphatic carbocycles. The van der Waals surface area contributed by atoms with Crippen LogP contribution in [0.4, 0.5) is 10.5 Å². The lowest BCUT2D eigenvalue weighted by molar-refractivity contribution is -0.162. The molecule has 0 spiro atoms. The predicted molar refractivity (Wildman–Crippen MR) is 236 cm³/mol. The highest BCUT2D eigenvalue weighted by Gasteiger charge is 2.64. The summed E-state index contributed by atoms with van der Waals surface area (Å²) in [5.74, 6) is 0.474. The highest BCUT2D eigenvalue weighted by atomic mass is 35.5. The Kier molecular flexibility index (Phi) is 18.8. The average Bonchev–Trinajstić information content (AvgIpc) is 3.98. The number of hydrogen-bond acceptors (Lipinski definition) is 16. The van der Waals surface area contributed by atoms with Crippen LogP contribution in [0.5, 0.6) is 5.75 Å². The van der Waals surface area contributed by atoms with Crippen molar-refractivity contribution in [2.75, 3.05) is 53.0 Å². The maximum absolute atomic E-state index is 14.2. The number of nitrogens with one attached hydrogen (secondary N) is 3. The number of epoxide rings is 1. The van der Waals surface area contributed by atoms with E-state index in [0.717, 1.165) is 16.0 Å². The molecular formula is C44H61ClN6O15. The van der Waals surface area contributed by atoms with Crippen molar-refractivity contribution in [2.24, 2.45) is 11.8 Å². The Morgan fingerprint density at radius 1 is 1.08 bits per heavy atom. The lowest BCUT2D eigenvalue weighted by atomic mass is 9.83. The third-order valence-electron chi connectivity index (χ3n) is 11.9. The van der Waals surface area contributed by atoms with E-state index in [1.807, 2.05) is 18.4 Å². The van der Waals surface area contributed by atoms with Crippen LogP contribution in [0.25, 0.3) is 0 Å². The van der Waals surface area contributed by atoms with E-state index in [1.54, 1.807) is 38.1 Å². The molecule has 2 fully saturated rings. The van der Waals surface area contributed by atoms with E-state index in [1.165, 1.54) is 40.1 Å². The second-order valence-corrected chi connectivity index (χ2v) is 17.2. The number of nitrogens with two attached hydrogens (primary N) is 1. The number of methoxy groups -OCH3 is 2. The number of amides is 5. The largest absolute Gasteiger partial charge is 0.495 e. The SMILES string of the molecule is COc1cc2cc(c1Cl)N(C)C(=O)CC(OC(=O)C(C)N(C)C(=O)CCC(=O)CNC(=O)CCC(=O)COCC(=O)NN)C1(C)OC1C(C)C1CC(O)(NC(=O)O1)C(OC)/C=C/C=C(\C)C2. The topological polar surface area (TPSA) is 284 Å². The number of alkyl carbamates (subject to hydrolysis) is 1. The summed E-state index contributed by atoms with van der Waals surface area (Å²) < 4.78 is 34.0. The predicted octanol–water partition coefficient (Wildman–Crippen LogP) is 1.34. The quantitative estimate of drug-likeness (QED) is 0.0484. The van der Waals surface area contributed by atoms with E-state index in [-0.39, 0.29) is 37.1 Å². The van der Waals surface area contributed by atoms with Gasteiger partial charge >= 0.3 is 12.1 Å². The number of likely N-dealkylation sites (N-methyl/N-ethyl adjacent to an activating group) is 1. The van der Waals surface area contributed by atoms with Gasteiger partial charge in [0.05, 0.1) is 31.9 Å². The van der Waals surface area contributed by atoms with E-state index < -0.39 is 121 Å². The van der Waals surface area contributed by atoms with E-state index in [9.17, 15) is 43.5 Å². The number of aliphatic hydroxyl groups is 1. The normalized spacial score (nSPS) is 27.0. The maximum Gasteiger partial charge on any atom is 0.409 e. The molecule has 5 amide bonds. The summed E-state index contributed by atoms with van der Waals surface area (Å²) in [5.41, 5.74) is 0.570. The number of esters is 1. The van der Waals surface area contributed by atoms with Crippen molar-refractivity contribution in [3.05, 3.63) is 46.5 Å². The summed E-state index contributed by atoms with van der Waals surface area (Å²) in [6.07, 6.45) is -0.869. The molecule has 364 valence electrons. The number of ether oxygens (including phenoxy) is 6. The van der Waals surface area contributed by atoms with Gasteiger partial charge < -0.3 is 48.6 Å². The van der Waals surface area contributed by atoms with Gasteiger partial charge in [0.15, 0.2) is 17.3 Å². The number of carbonyl (C=O) groups is 8. The Morgan fingerprint density at radius 3 is 2.44 bits per heavy atom. The fourth-order valence-corrected chi connectivity index (χ4v) is 7.95. The Morgan fingerprint density at radius 2 is 1.77 bits per heavy atom. The van der Waals surface area contributed by atoms with E-state index in [2.05, 4.69) is 10.6 Å². The van der Waals surface area contributed by atoms with Crippen molar-refractivity contribution in [2.45, 2.75) is 114 Å². The maximum atomic E-state index is 14.2. The zero-order valence-corrected chi connectivity index (χ0v) is 39.2. The van der Waals surface area contributed by atoms with Crippen LogP contribution in [0.2, 0.25) is 5.02 Å². The van der Waals surface area contributed by atoms with Gasteiger partial charge in [0.2, 0.25) is 17.7 Å². The molecule has 6 N–H and O–H groups in total.